The van der Waals surface area contributed by atoms with Crippen molar-refractivity contribution in [1.29, 1.82) is 0 Å². The van der Waals surface area contributed by atoms with Crippen LogP contribution in [0.2, 0.25) is 0 Å². The zero-order chi connectivity index (χ0) is 23.1. The molecule has 1 aliphatic heterocycles. The molecule has 0 spiro atoms. The highest BCUT2D eigenvalue weighted by Crippen LogP contribution is 2.32. The van der Waals surface area contributed by atoms with Crippen LogP contribution >= 0.6 is 0 Å². The lowest BCUT2D eigenvalue weighted by atomic mass is 10.0. The summed E-state index contributed by atoms with van der Waals surface area (Å²) in [5.41, 5.74) is 2.35. The Bertz CT molecular complexity index is 958. The number of amides is 2. The third kappa shape index (κ3) is 5.29. The van der Waals surface area contributed by atoms with Crippen LogP contribution in [0.25, 0.3) is 0 Å². The highest BCUT2D eigenvalue weighted by Gasteiger charge is 2.41. The van der Waals surface area contributed by atoms with E-state index in [1.807, 2.05) is 30.3 Å². The first-order chi connectivity index (χ1) is 15.5. The molecule has 1 saturated heterocycles. The minimum atomic E-state index is -0.847. The number of methoxy groups -OCH3 is 1. The average Bonchev–Trinajstić information content (AvgIpc) is 3.16. The maximum atomic E-state index is 13.3. The van der Waals surface area contributed by atoms with Gasteiger partial charge in [0.05, 0.1) is 19.8 Å². The first kappa shape index (κ1) is 23.3. The van der Waals surface area contributed by atoms with Crippen LogP contribution in [-0.4, -0.2) is 47.9 Å². The number of aromatic hydroxyl groups is 1. The van der Waals surface area contributed by atoms with Crippen LogP contribution in [0.1, 0.15) is 29.5 Å². The highest BCUT2D eigenvalue weighted by molar-refractivity contribution is 5.96. The first-order valence-corrected chi connectivity index (χ1v) is 10.6. The number of benzene rings is 2. The van der Waals surface area contributed by atoms with Gasteiger partial charge in [-0.2, -0.15) is 0 Å². The topological polar surface area (TPSA) is 85.3 Å². The number of phenols is 1. The lowest BCUT2D eigenvalue weighted by molar-refractivity contribution is -0.142. The van der Waals surface area contributed by atoms with Crippen LogP contribution in [0.15, 0.2) is 55.1 Å². The summed E-state index contributed by atoms with van der Waals surface area (Å²) in [7, 11) is 1.48. The van der Waals surface area contributed by atoms with E-state index in [9.17, 15) is 14.7 Å². The number of imide groups is 1. The van der Waals surface area contributed by atoms with Gasteiger partial charge < -0.3 is 19.3 Å². The predicted octanol–water partition coefficient (Wildman–Crippen LogP) is 4.15. The van der Waals surface area contributed by atoms with Gasteiger partial charge in [0.2, 0.25) is 0 Å². The molecule has 2 aromatic rings. The number of carbonyl (C=O) groups excluding carboxylic acids is 2. The van der Waals surface area contributed by atoms with Crippen LogP contribution in [0.3, 0.4) is 0 Å². The van der Waals surface area contributed by atoms with Gasteiger partial charge in [-0.1, -0.05) is 42.5 Å². The van der Waals surface area contributed by atoms with Gasteiger partial charge in [-0.05, 0) is 43.4 Å². The number of hydrogen-bond acceptors (Lipinski definition) is 6. The predicted molar refractivity (Wildman–Crippen MR) is 120 cm³/mol. The summed E-state index contributed by atoms with van der Waals surface area (Å²) < 4.78 is 16.3. The van der Waals surface area contributed by atoms with Crippen molar-refractivity contribution in [1.82, 2.24) is 4.90 Å². The summed E-state index contributed by atoms with van der Waals surface area (Å²) in [4.78, 5) is 26.9. The van der Waals surface area contributed by atoms with Crippen molar-refractivity contribution in [3.8, 4) is 11.5 Å². The number of cyclic esters (lactones) is 1. The molecule has 0 unspecified atom stereocenters. The van der Waals surface area contributed by atoms with Gasteiger partial charge >= 0.3 is 6.09 Å². The Morgan fingerprint density at radius 3 is 2.75 bits per heavy atom. The van der Waals surface area contributed by atoms with Gasteiger partial charge in [-0.3, -0.25) is 4.79 Å². The lowest BCUT2D eigenvalue weighted by Gasteiger charge is -2.25. The van der Waals surface area contributed by atoms with E-state index in [0.29, 0.717) is 30.6 Å². The fourth-order valence-corrected chi connectivity index (χ4v) is 3.70. The maximum absolute atomic E-state index is 13.3. The molecule has 2 atom stereocenters. The molecule has 2 amide bonds. The Kier molecular flexibility index (Phi) is 7.89. The van der Waals surface area contributed by atoms with E-state index in [1.165, 1.54) is 12.0 Å². The fraction of sp³-hybridized carbons (Fsp3) is 0.360. The molecule has 7 nitrogen and oxygen atoms in total. The molecule has 0 aliphatic carbocycles. The first-order valence-electron chi connectivity index (χ1n) is 10.6. The number of hydrogen-bond donors (Lipinski definition) is 1. The molecular weight excluding hydrogens is 410 g/mol. The quantitative estimate of drug-likeness (QED) is 0.560. The summed E-state index contributed by atoms with van der Waals surface area (Å²) in [6.07, 6.45) is 1.65. The number of carbonyl (C=O) groups is 2. The summed E-state index contributed by atoms with van der Waals surface area (Å²) in [6.45, 7) is 5.73. The van der Waals surface area contributed by atoms with E-state index in [2.05, 4.69) is 6.58 Å². The molecule has 2 aromatic carbocycles. The third-order valence-corrected chi connectivity index (χ3v) is 5.59. The lowest BCUT2D eigenvalue weighted by Crippen LogP contribution is -2.46. The minimum Gasteiger partial charge on any atom is -0.504 e. The van der Waals surface area contributed by atoms with Gasteiger partial charge in [0, 0.05) is 5.56 Å². The fourth-order valence-electron chi connectivity index (χ4n) is 3.70. The van der Waals surface area contributed by atoms with E-state index in [4.69, 9.17) is 14.2 Å². The maximum Gasteiger partial charge on any atom is 0.417 e. The molecular formula is C25H29NO6. The normalized spacial score (nSPS) is 16.5. The number of nitrogens with zero attached hydrogens (tertiary/aromatic N) is 1. The van der Waals surface area contributed by atoms with Gasteiger partial charge in [0.15, 0.2) is 11.5 Å². The van der Waals surface area contributed by atoms with E-state index < -0.39 is 18.1 Å². The number of allylic oxidation sites excluding steroid dienone is 1. The number of phenolic OH excluding ortho intramolecular Hbond substituents is 1. The third-order valence-electron chi connectivity index (χ3n) is 5.59. The Morgan fingerprint density at radius 1 is 1.31 bits per heavy atom. The van der Waals surface area contributed by atoms with Crippen LogP contribution in [-0.2, 0) is 27.3 Å². The Labute approximate surface area is 188 Å². The molecule has 0 saturated carbocycles. The van der Waals surface area contributed by atoms with E-state index in [-0.39, 0.29) is 25.0 Å². The van der Waals surface area contributed by atoms with Crippen LogP contribution < -0.4 is 4.74 Å². The summed E-state index contributed by atoms with van der Waals surface area (Å²) in [5, 5.41) is 10.2. The Balaban J connectivity index is 1.75. The molecule has 0 radical (unpaired) electrons. The van der Waals surface area contributed by atoms with E-state index >= 15 is 0 Å². The molecule has 170 valence electrons. The average molecular weight is 440 g/mol. The van der Waals surface area contributed by atoms with Crippen molar-refractivity contribution >= 4 is 12.0 Å². The Morgan fingerprint density at radius 2 is 2.06 bits per heavy atom. The molecule has 1 fully saturated rings. The zero-order valence-electron chi connectivity index (χ0n) is 18.5. The monoisotopic (exact) mass is 439 g/mol. The van der Waals surface area contributed by atoms with Crippen LogP contribution in [0.5, 0.6) is 11.5 Å². The molecule has 0 bridgehead atoms. The standard InChI is InChI=1S/C25H29NO6/c1-4-5-11-22(31-15-19-12-13-21(30-3)23(27)17(19)2)24(28)26-20(16-32-25(26)29)14-18-9-7-6-8-10-18/h4,6-10,12-13,20,22,27H,1,5,11,14-16H2,2-3H3/t20-,22-/m1/s1. The van der Waals surface area contributed by atoms with E-state index in [1.54, 1.807) is 25.1 Å². The second-order valence-corrected chi connectivity index (χ2v) is 7.69. The zero-order valence-corrected chi connectivity index (χ0v) is 18.5. The summed E-state index contributed by atoms with van der Waals surface area (Å²) >= 11 is 0. The molecule has 3 rings (SSSR count). The van der Waals surface area contributed by atoms with Gasteiger partial charge in [0.1, 0.15) is 12.7 Å². The molecule has 7 heteroatoms. The van der Waals surface area contributed by atoms with Gasteiger partial charge in [-0.15, -0.1) is 6.58 Å². The second-order valence-electron chi connectivity index (χ2n) is 7.69. The molecule has 1 aliphatic rings. The van der Waals surface area contributed by atoms with Gasteiger partial charge in [0.25, 0.3) is 5.91 Å². The van der Waals surface area contributed by atoms with Crippen molar-refractivity contribution in [3.63, 3.8) is 0 Å². The largest absolute Gasteiger partial charge is 0.504 e. The molecule has 1 N–H and O–H groups in total. The van der Waals surface area contributed by atoms with Crippen molar-refractivity contribution < 1.29 is 28.9 Å². The van der Waals surface area contributed by atoms with Crippen LogP contribution in [0.4, 0.5) is 4.79 Å². The highest BCUT2D eigenvalue weighted by atomic mass is 16.6. The Hall–Kier alpha value is -3.32. The van der Waals surface area contributed by atoms with Crippen molar-refractivity contribution in [2.45, 2.75) is 44.9 Å². The summed E-state index contributed by atoms with van der Waals surface area (Å²) in [5.74, 6) is -0.0200. The van der Waals surface area contributed by atoms with Crippen molar-refractivity contribution in [2.24, 2.45) is 0 Å². The molecule has 32 heavy (non-hydrogen) atoms. The van der Waals surface area contributed by atoms with E-state index in [0.717, 1.165) is 11.1 Å². The van der Waals surface area contributed by atoms with Crippen molar-refractivity contribution in [2.75, 3.05) is 13.7 Å². The van der Waals surface area contributed by atoms with Gasteiger partial charge in [-0.25, -0.2) is 9.69 Å². The molecule has 0 aromatic heterocycles. The SMILES string of the molecule is C=CCC[C@@H](OCc1ccc(OC)c(O)c1C)C(=O)N1C(=O)OC[C@H]1Cc1ccccc1. The summed E-state index contributed by atoms with van der Waals surface area (Å²) in [6, 6.07) is 12.7. The second kappa shape index (κ2) is 10.8. The van der Waals surface area contributed by atoms with Crippen molar-refractivity contribution in [3.05, 3.63) is 71.8 Å². The van der Waals surface area contributed by atoms with Crippen LogP contribution in [0, 0.1) is 6.92 Å². The minimum absolute atomic E-state index is 0.0358. The molecule has 1 heterocycles. The number of rotatable bonds is 10. The smallest absolute Gasteiger partial charge is 0.417 e. The number of ether oxygens (including phenoxy) is 3.